The number of ether oxygens (including phenoxy) is 3. The van der Waals surface area contributed by atoms with E-state index in [1.807, 2.05) is 6.92 Å². The summed E-state index contributed by atoms with van der Waals surface area (Å²) in [6.45, 7) is 3.28. The van der Waals surface area contributed by atoms with Crippen LogP contribution >= 0.6 is 0 Å². The van der Waals surface area contributed by atoms with Crippen LogP contribution < -0.4 is 14.8 Å². The van der Waals surface area contributed by atoms with Crippen molar-refractivity contribution in [2.45, 2.75) is 26.4 Å². The molecular formula is C20H21F2NO5. The van der Waals surface area contributed by atoms with Gasteiger partial charge in [0.1, 0.15) is 17.3 Å². The number of benzene rings is 2. The van der Waals surface area contributed by atoms with Gasteiger partial charge in [-0.2, -0.15) is 0 Å². The van der Waals surface area contributed by atoms with Crippen LogP contribution in [0, 0.1) is 11.6 Å². The van der Waals surface area contributed by atoms with E-state index in [-0.39, 0.29) is 0 Å². The van der Waals surface area contributed by atoms with E-state index < -0.39 is 41.9 Å². The molecule has 1 atom stereocenters. The molecule has 2 aromatic rings. The molecule has 0 unspecified atom stereocenters. The van der Waals surface area contributed by atoms with E-state index in [9.17, 15) is 18.4 Å². The van der Waals surface area contributed by atoms with Gasteiger partial charge < -0.3 is 19.5 Å². The lowest BCUT2D eigenvalue weighted by atomic mass is 10.2. The van der Waals surface area contributed by atoms with Crippen LogP contribution in [-0.2, 0) is 14.3 Å². The number of carbonyl (C=O) groups excluding carboxylic acids is 2. The Hall–Kier alpha value is -3.16. The summed E-state index contributed by atoms with van der Waals surface area (Å²) in [7, 11) is 0. The highest BCUT2D eigenvalue weighted by Crippen LogP contribution is 2.26. The minimum atomic E-state index is -1.28. The third-order valence-corrected chi connectivity index (χ3v) is 3.54. The molecule has 0 radical (unpaired) electrons. The average molecular weight is 393 g/mol. The van der Waals surface area contributed by atoms with Gasteiger partial charge in [-0.15, -0.1) is 0 Å². The van der Waals surface area contributed by atoms with Crippen molar-refractivity contribution in [3.8, 4) is 11.5 Å². The number of hydrogen-bond acceptors (Lipinski definition) is 5. The molecule has 150 valence electrons. The zero-order valence-corrected chi connectivity index (χ0v) is 15.5. The third kappa shape index (κ3) is 5.94. The van der Waals surface area contributed by atoms with Crippen molar-refractivity contribution < 1.29 is 32.6 Å². The average Bonchev–Trinajstić information content (AvgIpc) is 2.68. The zero-order valence-electron chi connectivity index (χ0n) is 15.5. The quantitative estimate of drug-likeness (QED) is 0.658. The molecule has 0 saturated carbocycles. The number of nitrogens with one attached hydrogen (secondary N) is 1. The number of esters is 1. The number of amides is 1. The number of anilines is 1. The molecule has 28 heavy (non-hydrogen) atoms. The summed E-state index contributed by atoms with van der Waals surface area (Å²) in [5.41, 5.74) is -0.603. The van der Waals surface area contributed by atoms with Gasteiger partial charge in [-0.1, -0.05) is 25.1 Å². The molecule has 0 aliphatic heterocycles. The first-order valence-corrected chi connectivity index (χ1v) is 8.71. The van der Waals surface area contributed by atoms with E-state index in [1.54, 1.807) is 24.3 Å². The largest absolute Gasteiger partial charge is 0.490 e. The Morgan fingerprint density at radius 1 is 1.00 bits per heavy atom. The summed E-state index contributed by atoms with van der Waals surface area (Å²) in [6.07, 6.45) is -0.465. The highest BCUT2D eigenvalue weighted by Gasteiger charge is 2.21. The van der Waals surface area contributed by atoms with Crippen LogP contribution in [0.4, 0.5) is 14.5 Å². The molecule has 0 aliphatic carbocycles. The number of halogens is 2. The second-order valence-electron chi connectivity index (χ2n) is 5.80. The fraction of sp³-hybridized carbons (Fsp3) is 0.300. The van der Waals surface area contributed by atoms with Crippen molar-refractivity contribution in [1.82, 2.24) is 0 Å². The van der Waals surface area contributed by atoms with Gasteiger partial charge >= 0.3 is 5.97 Å². The molecule has 0 bridgehead atoms. The molecular weight excluding hydrogens is 372 g/mol. The van der Waals surface area contributed by atoms with Crippen LogP contribution in [0.25, 0.3) is 0 Å². The third-order valence-electron chi connectivity index (χ3n) is 3.54. The zero-order chi connectivity index (χ0) is 20.5. The maximum absolute atomic E-state index is 13.6. The van der Waals surface area contributed by atoms with Crippen LogP contribution in [0.15, 0.2) is 42.5 Å². The van der Waals surface area contributed by atoms with Crippen molar-refractivity contribution in [3.05, 3.63) is 54.1 Å². The summed E-state index contributed by atoms with van der Waals surface area (Å²) in [4.78, 5) is 23.9. The van der Waals surface area contributed by atoms with E-state index in [2.05, 4.69) is 5.32 Å². The molecule has 0 aromatic heterocycles. The molecule has 1 amide bonds. The second-order valence-corrected chi connectivity index (χ2v) is 5.80. The maximum Gasteiger partial charge on any atom is 0.344 e. The summed E-state index contributed by atoms with van der Waals surface area (Å²) in [5.74, 6) is -2.71. The summed E-state index contributed by atoms with van der Waals surface area (Å²) in [6, 6.07) is 10.00. The van der Waals surface area contributed by atoms with Gasteiger partial charge in [0.15, 0.2) is 24.2 Å². The number of rotatable bonds is 9. The summed E-state index contributed by atoms with van der Waals surface area (Å²) < 4.78 is 43.0. The predicted molar refractivity (Wildman–Crippen MR) is 98.3 cm³/mol. The molecule has 2 aromatic carbocycles. The van der Waals surface area contributed by atoms with E-state index in [0.29, 0.717) is 18.1 Å². The number of carbonyl (C=O) groups is 2. The molecule has 6 nitrogen and oxygen atoms in total. The SMILES string of the molecule is CCCOc1ccccc1OCC(=O)O[C@H](C)C(=O)Nc1c(F)cccc1F. The van der Waals surface area contributed by atoms with E-state index in [0.717, 1.165) is 18.6 Å². The second kappa shape index (κ2) is 10.2. The Bertz CT molecular complexity index is 808. The van der Waals surface area contributed by atoms with Gasteiger partial charge in [0, 0.05) is 0 Å². The van der Waals surface area contributed by atoms with E-state index in [1.165, 1.54) is 13.0 Å². The van der Waals surface area contributed by atoms with Crippen molar-refractivity contribution >= 4 is 17.6 Å². The maximum atomic E-state index is 13.6. The lowest BCUT2D eigenvalue weighted by Gasteiger charge is -2.15. The molecule has 1 N–H and O–H groups in total. The highest BCUT2D eigenvalue weighted by molar-refractivity contribution is 5.95. The van der Waals surface area contributed by atoms with Crippen LogP contribution in [0.3, 0.4) is 0 Å². The van der Waals surface area contributed by atoms with Gasteiger partial charge in [-0.25, -0.2) is 13.6 Å². The Morgan fingerprint density at radius 2 is 1.61 bits per heavy atom. The van der Waals surface area contributed by atoms with Gasteiger partial charge in [-0.3, -0.25) is 4.79 Å². The predicted octanol–water partition coefficient (Wildman–Crippen LogP) is 3.70. The van der Waals surface area contributed by atoms with Gasteiger partial charge in [0.2, 0.25) is 0 Å². The van der Waals surface area contributed by atoms with Crippen LogP contribution in [0.1, 0.15) is 20.3 Å². The van der Waals surface area contributed by atoms with E-state index in [4.69, 9.17) is 14.2 Å². The van der Waals surface area contributed by atoms with Crippen molar-refractivity contribution in [3.63, 3.8) is 0 Å². The molecule has 8 heteroatoms. The minimum Gasteiger partial charge on any atom is -0.490 e. The molecule has 0 saturated heterocycles. The summed E-state index contributed by atoms with van der Waals surface area (Å²) >= 11 is 0. The topological polar surface area (TPSA) is 73.9 Å². The van der Waals surface area contributed by atoms with Crippen molar-refractivity contribution in [2.24, 2.45) is 0 Å². The first kappa shape index (κ1) is 21.1. The lowest BCUT2D eigenvalue weighted by Crippen LogP contribution is -2.32. The fourth-order valence-electron chi connectivity index (χ4n) is 2.16. The molecule has 2 rings (SSSR count). The first-order chi connectivity index (χ1) is 13.4. The van der Waals surface area contributed by atoms with Gasteiger partial charge in [-0.05, 0) is 37.6 Å². The number of para-hydroxylation sites is 3. The molecule has 0 fully saturated rings. The van der Waals surface area contributed by atoms with Crippen molar-refractivity contribution in [2.75, 3.05) is 18.5 Å². The van der Waals surface area contributed by atoms with Gasteiger partial charge in [0.05, 0.1) is 6.61 Å². The summed E-state index contributed by atoms with van der Waals surface area (Å²) in [5, 5.41) is 2.06. The van der Waals surface area contributed by atoms with Crippen molar-refractivity contribution in [1.29, 1.82) is 0 Å². The Labute approximate surface area is 161 Å². The van der Waals surface area contributed by atoms with Crippen LogP contribution in [-0.4, -0.2) is 31.2 Å². The Morgan fingerprint density at radius 3 is 2.21 bits per heavy atom. The highest BCUT2D eigenvalue weighted by atomic mass is 19.1. The van der Waals surface area contributed by atoms with E-state index >= 15 is 0 Å². The standard InChI is InChI=1S/C20H21F2NO5/c1-3-11-26-16-9-4-5-10-17(16)27-12-18(24)28-13(2)20(25)23-19-14(21)7-6-8-15(19)22/h4-10,13H,3,11-12H2,1-2H3,(H,23,25)/t13-/m1/s1. The van der Waals surface area contributed by atoms with Crippen LogP contribution in [0.5, 0.6) is 11.5 Å². The normalized spacial score (nSPS) is 11.4. The number of hydrogen-bond donors (Lipinski definition) is 1. The molecule has 0 heterocycles. The minimum absolute atomic E-state index is 0.360. The van der Waals surface area contributed by atoms with Gasteiger partial charge in [0.25, 0.3) is 5.91 Å². The lowest BCUT2D eigenvalue weighted by molar-refractivity contribution is -0.155. The molecule has 0 aliphatic rings. The monoisotopic (exact) mass is 393 g/mol. The first-order valence-electron chi connectivity index (χ1n) is 8.71. The molecule has 0 spiro atoms. The smallest absolute Gasteiger partial charge is 0.344 e. The van der Waals surface area contributed by atoms with Crippen LogP contribution in [0.2, 0.25) is 0 Å². The Kier molecular flexibility index (Phi) is 7.74. The Balaban J connectivity index is 1.88. The fourth-order valence-corrected chi connectivity index (χ4v) is 2.16.